The van der Waals surface area contributed by atoms with Gasteiger partial charge in [-0.2, -0.15) is 0 Å². The van der Waals surface area contributed by atoms with Gasteiger partial charge in [-0.1, -0.05) is 19.3 Å². The van der Waals surface area contributed by atoms with Crippen molar-refractivity contribution in [3.05, 3.63) is 21.9 Å². The molecule has 4 rings (SSSR count). The number of hydrogen-bond donors (Lipinski definition) is 2. The van der Waals surface area contributed by atoms with Crippen LogP contribution in [-0.2, 0) is 11.2 Å². The molecule has 2 fully saturated rings. The summed E-state index contributed by atoms with van der Waals surface area (Å²) in [5.41, 5.74) is 0.789. The van der Waals surface area contributed by atoms with Crippen molar-refractivity contribution in [3.8, 4) is 0 Å². The van der Waals surface area contributed by atoms with Crippen LogP contribution in [0.4, 0.5) is 4.79 Å². The second-order valence-corrected chi connectivity index (χ2v) is 8.14. The monoisotopic (exact) mass is 334 g/mol. The number of urea groups is 1. The number of thiophene rings is 1. The Morgan fingerprint density at radius 1 is 1.35 bits per heavy atom. The zero-order valence-corrected chi connectivity index (χ0v) is 14.4. The Labute approximate surface area is 140 Å². The quantitative estimate of drug-likeness (QED) is 0.805. The fourth-order valence-electron chi connectivity index (χ4n) is 4.38. The third kappa shape index (κ3) is 2.39. The Balaban J connectivity index is 1.51. The summed E-state index contributed by atoms with van der Waals surface area (Å²) in [5.74, 6) is 0.0121. The molecule has 2 N–H and O–H groups in total. The molecule has 0 aromatic carbocycles. The van der Waals surface area contributed by atoms with Gasteiger partial charge in [0, 0.05) is 16.9 Å². The molecular weight excluding hydrogens is 310 g/mol. The molecule has 124 valence electrons. The van der Waals surface area contributed by atoms with Gasteiger partial charge >= 0.3 is 6.03 Å². The molecule has 0 bridgehead atoms. The number of carbonyl (C=O) groups is 2. The summed E-state index contributed by atoms with van der Waals surface area (Å²) in [4.78, 5) is 29.6. The summed E-state index contributed by atoms with van der Waals surface area (Å²) < 4.78 is 0. The second-order valence-electron chi connectivity index (χ2n) is 7.14. The standard InChI is InChI=1S/C17H23N3O2S/c1-12-13-6-10-23-14(13)5-9-19(12)11-20-15(21)17(18-16(20)22)7-3-2-4-8-17/h6,10,12H,2-5,7-9,11H2,1H3,(H,18,22)/p+1/t12-/m0/s1. The van der Waals surface area contributed by atoms with E-state index >= 15 is 0 Å². The first-order valence-corrected chi connectivity index (χ1v) is 9.54. The van der Waals surface area contributed by atoms with E-state index in [9.17, 15) is 9.59 Å². The molecule has 6 heteroatoms. The topological polar surface area (TPSA) is 53.9 Å². The lowest BCUT2D eigenvalue weighted by Crippen LogP contribution is -3.14. The molecule has 3 heterocycles. The minimum Gasteiger partial charge on any atom is -0.323 e. The largest absolute Gasteiger partial charge is 0.329 e. The number of rotatable bonds is 2. The number of quaternary nitrogens is 1. The van der Waals surface area contributed by atoms with Crippen molar-refractivity contribution < 1.29 is 14.5 Å². The van der Waals surface area contributed by atoms with E-state index < -0.39 is 5.54 Å². The van der Waals surface area contributed by atoms with Gasteiger partial charge in [-0.05, 0) is 31.2 Å². The van der Waals surface area contributed by atoms with Crippen LogP contribution in [0.3, 0.4) is 0 Å². The average Bonchev–Trinajstić information content (AvgIpc) is 3.11. The lowest BCUT2D eigenvalue weighted by Gasteiger charge is -2.33. The summed E-state index contributed by atoms with van der Waals surface area (Å²) in [5, 5.41) is 5.16. The molecule has 1 aliphatic carbocycles. The van der Waals surface area contributed by atoms with Crippen molar-refractivity contribution in [2.24, 2.45) is 0 Å². The van der Waals surface area contributed by atoms with Gasteiger partial charge in [0.05, 0.1) is 6.54 Å². The summed E-state index contributed by atoms with van der Waals surface area (Å²) in [6.45, 7) is 3.68. The number of amides is 3. The lowest BCUT2D eigenvalue weighted by atomic mass is 9.82. The maximum Gasteiger partial charge on any atom is 0.329 e. The Hall–Kier alpha value is -1.40. The van der Waals surface area contributed by atoms with Crippen LogP contribution < -0.4 is 10.2 Å². The highest BCUT2D eigenvalue weighted by atomic mass is 32.1. The third-order valence-electron chi connectivity index (χ3n) is 5.85. The average molecular weight is 334 g/mol. The van der Waals surface area contributed by atoms with Gasteiger partial charge in [0.15, 0.2) is 6.67 Å². The predicted molar refractivity (Wildman–Crippen MR) is 88.3 cm³/mol. The molecular formula is C17H24N3O2S+. The van der Waals surface area contributed by atoms with Gasteiger partial charge in [-0.3, -0.25) is 4.79 Å². The highest BCUT2D eigenvalue weighted by Gasteiger charge is 2.52. The van der Waals surface area contributed by atoms with E-state index in [4.69, 9.17) is 0 Å². The number of nitrogens with one attached hydrogen (secondary N) is 2. The highest BCUT2D eigenvalue weighted by Crippen LogP contribution is 2.33. The SMILES string of the molecule is C[C@H]1c2ccsc2CC[NH+]1CN1C(=O)NC2(CCCCC2)C1=O. The molecule has 3 aliphatic rings. The van der Waals surface area contributed by atoms with Gasteiger partial charge in [0.2, 0.25) is 0 Å². The molecule has 2 aliphatic heterocycles. The molecule has 0 radical (unpaired) electrons. The predicted octanol–water partition coefficient (Wildman–Crippen LogP) is 1.46. The first-order chi connectivity index (χ1) is 11.1. The van der Waals surface area contributed by atoms with E-state index in [1.165, 1.54) is 26.7 Å². The molecule has 1 saturated carbocycles. The maximum atomic E-state index is 12.9. The fourth-order valence-corrected chi connectivity index (χ4v) is 5.36. The number of nitrogens with zero attached hydrogens (tertiary/aromatic N) is 1. The minimum absolute atomic E-state index is 0.0121. The molecule has 2 atom stereocenters. The van der Waals surface area contributed by atoms with E-state index in [0.717, 1.165) is 38.6 Å². The van der Waals surface area contributed by atoms with Gasteiger partial charge in [-0.25, -0.2) is 9.69 Å². The van der Waals surface area contributed by atoms with Crippen LogP contribution in [0, 0.1) is 0 Å². The van der Waals surface area contributed by atoms with Crippen LogP contribution in [-0.4, -0.2) is 35.6 Å². The Kier molecular flexibility index (Phi) is 3.69. The van der Waals surface area contributed by atoms with Crippen molar-refractivity contribution in [1.29, 1.82) is 0 Å². The van der Waals surface area contributed by atoms with Crippen LogP contribution in [0.5, 0.6) is 0 Å². The maximum absolute atomic E-state index is 12.9. The number of hydrogen-bond acceptors (Lipinski definition) is 3. The van der Waals surface area contributed by atoms with Crippen molar-refractivity contribution >= 4 is 23.3 Å². The third-order valence-corrected chi connectivity index (χ3v) is 6.84. The van der Waals surface area contributed by atoms with Crippen molar-refractivity contribution in [2.45, 2.75) is 57.0 Å². The minimum atomic E-state index is -0.596. The normalized spacial score (nSPS) is 29.7. The second kappa shape index (κ2) is 5.60. The molecule has 1 unspecified atom stereocenters. The zero-order valence-electron chi connectivity index (χ0n) is 13.6. The van der Waals surface area contributed by atoms with Crippen molar-refractivity contribution in [2.75, 3.05) is 13.2 Å². The number of imide groups is 1. The summed E-state index contributed by atoms with van der Waals surface area (Å²) in [7, 11) is 0. The van der Waals surface area contributed by atoms with Crippen molar-refractivity contribution in [3.63, 3.8) is 0 Å². The molecule has 1 aromatic heterocycles. The van der Waals surface area contributed by atoms with Gasteiger partial charge in [0.25, 0.3) is 5.91 Å². The smallest absolute Gasteiger partial charge is 0.323 e. The van der Waals surface area contributed by atoms with Crippen LogP contribution in [0.2, 0.25) is 0 Å². The Morgan fingerprint density at radius 2 is 2.13 bits per heavy atom. The molecule has 1 saturated heterocycles. The number of fused-ring (bicyclic) bond motifs is 1. The van der Waals surface area contributed by atoms with Crippen LogP contribution >= 0.6 is 11.3 Å². The molecule has 5 nitrogen and oxygen atoms in total. The van der Waals surface area contributed by atoms with Gasteiger partial charge < -0.3 is 10.2 Å². The van der Waals surface area contributed by atoms with E-state index in [1.807, 2.05) is 11.3 Å². The molecule has 23 heavy (non-hydrogen) atoms. The van der Waals surface area contributed by atoms with Crippen LogP contribution in [0.25, 0.3) is 0 Å². The first kappa shape index (κ1) is 15.1. The number of carbonyl (C=O) groups excluding carboxylic acids is 2. The molecule has 1 spiro atoms. The summed E-state index contributed by atoms with van der Waals surface area (Å²) in [6, 6.07) is 2.35. The fraction of sp³-hybridized carbons (Fsp3) is 0.647. The van der Waals surface area contributed by atoms with Crippen LogP contribution in [0.1, 0.15) is 55.5 Å². The van der Waals surface area contributed by atoms with E-state index in [2.05, 4.69) is 23.7 Å². The molecule has 1 aromatic rings. The Morgan fingerprint density at radius 3 is 2.91 bits per heavy atom. The zero-order chi connectivity index (χ0) is 16.0. The van der Waals surface area contributed by atoms with E-state index in [0.29, 0.717) is 12.7 Å². The first-order valence-electron chi connectivity index (χ1n) is 8.66. The molecule has 3 amide bonds. The Bertz CT molecular complexity index is 636. The summed E-state index contributed by atoms with van der Waals surface area (Å²) in [6.07, 6.45) is 5.87. The lowest BCUT2D eigenvalue weighted by molar-refractivity contribution is -0.938. The van der Waals surface area contributed by atoms with Crippen LogP contribution in [0.15, 0.2) is 11.4 Å². The van der Waals surface area contributed by atoms with Crippen molar-refractivity contribution in [1.82, 2.24) is 10.2 Å². The highest BCUT2D eigenvalue weighted by molar-refractivity contribution is 7.10. The van der Waals surface area contributed by atoms with E-state index in [-0.39, 0.29) is 11.9 Å². The van der Waals surface area contributed by atoms with E-state index in [1.54, 1.807) is 0 Å². The summed E-state index contributed by atoms with van der Waals surface area (Å²) >= 11 is 1.82. The van der Waals surface area contributed by atoms with Gasteiger partial charge in [0.1, 0.15) is 11.6 Å². The van der Waals surface area contributed by atoms with Gasteiger partial charge in [-0.15, -0.1) is 11.3 Å².